The van der Waals surface area contributed by atoms with E-state index in [4.69, 9.17) is 0 Å². The second kappa shape index (κ2) is 10.0. The van der Waals surface area contributed by atoms with Crippen LogP contribution in [0, 0.1) is 0 Å². The van der Waals surface area contributed by atoms with Crippen molar-refractivity contribution in [3.63, 3.8) is 0 Å². The van der Waals surface area contributed by atoms with Crippen molar-refractivity contribution in [1.29, 1.82) is 0 Å². The number of alkyl halides is 3. The molecule has 0 aromatic heterocycles. The molecule has 1 N–H and O–H groups in total. The van der Waals surface area contributed by atoms with E-state index in [0.29, 0.717) is 25.7 Å². The van der Waals surface area contributed by atoms with Gasteiger partial charge in [-0.1, -0.05) is 43.3 Å². The molecule has 1 atom stereocenters. The lowest BCUT2D eigenvalue weighted by atomic mass is 10.0. The summed E-state index contributed by atoms with van der Waals surface area (Å²) in [5.74, 6) is 0.0107. The minimum atomic E-state index is -4.62. The molecule has 174 valence electrons. The van der Waals surface area contributed by atoms with Gasteiger partial charge in [0.15, 0.2) is 0 Å². The van der Waals surface area contributed by atoms with Crippen molar-refractivity contribution in [1.82, 2.24) is 14.5 Å². The molecule has 1 fully saturated rings. The molecule has 32 heavy (non-hydrogen) atoms. The molecule has 0 spiro atoms. The van der Waals surface area contributed by atoms with Gasteiger partial charge in [0.2, 0.25) is 15.9 Å². The molecule has 2 aromatic carbocycles. The van der Waals surface area contributed by atoms with Crippen LogP contribution in [0.1, 0.15) is 24.0 Å². The van der Waals surface area contributed by atoms with Crippen LogP contribution in [0.5, 0.6) is 0 Å². The third-order valence-electron chi connectivity index (χ3n) is 5.47. The summed E-state index contributed by atoms with van der Waals surface area (Å²) in [7, 11) is -4.04. The van der Waals surface area contributed by atoms with E-state index >= 15 is 0 Å². The Morgan fingerprint density at radius 1 is 1.03 bits per heavy atom. The summed E-state index contributed by atoms with van der Waals surface area (Å²) >= 11 is 0. The lowest BCUT2D eigenvalue weighted by molar-refractivity contribution is -0.137. The number of nitrogens with zero attached hydrogens (tertiary/aromatic N) is 2. The maximum atomic E-state index is 12.9. The Morgan fingerprint density at radius 2 is 1.69 bits per heavy atom. The topological polar surface area (TPSA) is 69.7 Å². The first-order valence-electron chi connectivity index (χ1n) is 10.3. The zero-order valence-electron chi connectivity index (χ0n) is 17.7. The van der Waals surface area contributed by atoms with Crippen molar-refractivity contribution in [2.75, 3.05) is 39.3 Å². The average molecular weight is 470 g/mol. The van der Waals surface area contributed by atoms with E-state index in [-0.39, 0.29) is 36.4 Å². The van der Waals surface area contributed by atoms with Crippen molar-refractivity contribution in [2.24, 2.45) is 0 Å². The first-order valence-corrected chi connectivity index (χ1v) is 11.7. The summed E-state index contributed by atoms with van der Waals surface area (Å²) in [5.41, 5.74) is 0.125. The van der Waals surface area contributed by atoms with Crippen LogP contribution in [0.3, 0.4) is 0 Å². The fourth-order valence-electron chi connectivity index (χ4n) is 3.54. The predicted molar refractivity (Wildman–Crippen MR) is 115 cm³/mol. The highest BCUT2D eigenvalue weighted by molar-refractivity contribution is 7.89. The molecule has 0 bridgehead atoms. The van der Waals surface area contributed by atoms with Gasteiger partial charge in [-0.2, -0.15) is 17.5 Å². The van der Waals surface area contributed by atoms with Gasteiger partial charge in [-0.25, -0.2) is 8.42 Å². The molecule has 1 amide bonds. The van der Waals surface area contributed by atoms with Crippen molar-refractivity contribution >= 4 is 15.9 Å². The summed E-state index contributed by atoms with van der Waals surface area (Å²) in [6, 6.07) is 13.6. The number of benzene rings is 2. The van der Waals surface area contributed by atoms with Crippen LogP contribution in [0.15, 0.2) is 59.5 Å². The van der Waals surface area contributed by atoms with E-state index in [1.165, 1.54) is 0 Å². The zero-order valence-corrected chi connectivity index (χ0v) is 18.5. The van der Waals surface area contributed by atoms with Gasteiger partial charge in [-0.05, 0) is 29.7 Å². The maximum absolute atomic E-state index is 12.9. The van der Waals surface area contributed by atoms with Gasteiger partial charge >= 0.3 is 6.18 Å². The van der Waals surface area contributed by atoms with Crippen molar-refractivity contribution in [2.45, 2.75) is 23.9 Å². The largest absolute Gasteiger partial charge is 0.416 e. The number of sulfonamides is 1. The van der Waals surface area contributed by atoms with Gasteiger partial charge in [-0.3, -0.25) is 9.69 Å². The van der Waals surface area contributed by atoms with Gasteiger partial charge in [0, 0.05) is 32.7 Å². The van der Waals surface area contributed by atoms with Crippen LogP contribution in [-0.2, 0) is 21.0 Å². The molecule has 0 radical (unpaired) electrons. The summed E-state index contributed by atoms with van der Waals surface area (Å²) in [4.78, 5) is 13.7. The summed E-state index contributed by atoms with van der Waals surface area (Å²) < 4.78 is 65.5. The molecule has 1 saturated heterocycles. The normalized spacial score (nSPS) is 17.1. The highest BCUT2D eigenvalue weighted by Crippen LogP contribution is 2.31. The van der Waals surface area contributed by atoms with E-state index in [0.717, 1.165) is 28.1 Å². The predicted octanol–water partition coefficient (Wildman–Crippen LogP) is 2.93. The molecule has 1 unspecified atom stereocenters. The smallest absolute Gasteiger partial charge is 0.354 e. The van der Waals surface area contributed by atoms with Crippen LogP contribution in [0.2, 0.25) is 0 Å². The molecule has 6 nitrogen and oxygen atoms in total. The summed E-state index contributed by atoms with van der Waals surface area (Å²) in [5, 5.41) is 2.90. The lowest BCUT2D eigenvalue weighted by Crippen LogP contribution is -2.51. The lowest BCUT2D eigenvalue weighted by Gasteiger charge is -2.33. The summed E-state index contributed by atoms with van der Waals surface area (Å²) in [6.07, 6.45) is -4.62. The molecule has 3 rings (SSSR count). The number of rotatable bonds is 7. The Labute approximate surface area is 186 Å². The minimum Gasteiger partial charge on any atom is -0.354 e. The van der Waals surface area contributed by atoms with E-state index in [9.17, 15) is 26.4 Å². The van der Waals surface area contributed by atoms with Crippen LogP contribution < -0.4 is 5.32 Å². The van der Waals surface area contributed by atoms with Crippen molar-refractivity contribution < 1.29 is 26.4 Å². The Morgan fingerprint density at radius 3 is 2.31 bits per heavy atom. The third kappa shape index (κ3) is 6.08. The van der Waals surface area contributed by atoms with Crippen molar-refractivity contribution in [3.8, 4) is 0 Å². The van der Waals surface area contributed by atoms with Crippen LogP contribution >= 0.6 is 0 Å². The highest BCUT2D eigenvalue weighted by atomic mass is 32.2. The van der Waals surface area contributed by atoms with Crippen LogP contribution in [-0.4, -0.2) is 62.8 Å². The number of halogens is 3. The van der Waals surface area contributed by atoms with Gasteiger partial charge < -0.3 is 5.32 Å². The average Bonchev–Trinajstić information content (AvgIpc) is 2.78. The highest BCUT2D eigenvalue weighted by Gasteiger charge is 2.34. The minimum absolute atomic E-state index is 0.103. The van der Waals surface area contributed by atoms with Crippen LogP contribution in [0.4, 0.5) is 13.2 Å². The molecular formula is C22H26F3N3O3S. The number of carbonyl (C=O) groups is 1. The third-order valence-corrected chi connectivity index (χ3v) is 7.37. The number of hydrogen-bond donors (Lipinski definition) is 1. The second-order valence-corrected chi connectivity index (χ2v) is 9.76. The second-order valence-electron chi connectivity index (χ2n) is 7.82. The van der Waals surface area contributed by atoms with Crippen molar-refractivity contribution in [3.05, 3.63) is 65.7 Å². The molecule has 1 heterocycles. The fraction of sp³-hybridized carbons (Fsp3) is 0.409. The van der Waals surface area contributed by atoms with Gasteiger partial charge in [-0.15, -0.1) is 0 Å². The van der Waals surface area contributed by atoms with Gasteiger partial charge in [0.05, 0.1) is 17.0 Å². The quantitative estimate of drug-likeness (QED) is 0.677. The summed E-state index contributed by atoms with van der Waals surface area (Å²) in [6.45, 7) is 3.50. The number of carbonyl (C=O) groups excluding carboxylic acids is 1. The monoisotopic (exact) mass is 469 g/mol. The van der Waals surface area contributed by atoms with E-state index < -0.39 is 21.8 Å². The Balaban J connectivity index is 1.51. The molecule has 10 heteroatoms. The van der Waals surface area contributed by atoms with Gasteiger partial charge in [0.25, 0.3) is 0 Å². The Hall–Kier alpha value is -2.43. The molecule has 2 aromatic rings. The molecule has 1 aliphatic heterocycles. The van der Waals surface area contributed by atoms with E-state index in [1.54, 1.807) is 0 Å². The number of amides is 1. The number of piperazine rings is 1. The van der Waals surface area contributed by atoms with E-state index in [2.05, 4.69) is 5.32 Å². The first kappa shape index (κ1) is 24.2. The van der Waals surface area contributed by atoms with Crippen LogP contribution in [0.25, 0.3) is 0 Å². The molecule has 0 aliphatic carbocycles. The van der Waals surface area contributed by atoms with Gasteiger partial charge in [0.1, 0.15) is 0 Å². The molecule has 1 aliphatic rings. The van der Waals surface area contributed by atoms with E-state index in [1.807, 2.05) is 42.2 Å². The SMILES string of the molecule is CC(CNC(=O)CN1CCN(S(=O)(=O)c2cccc(C(F)(F)F)c2)CC1)c1ccccc1. The molecule has 0 saturated carbocycles. The first-order chi connectivity index (χ1) is 15.1. The number of hydrogen-bond acceptors (Lipinski definition) is 4. The fourth-order valence-corrected chi connectivity index (χ4v) is 5.00. The Bertz CT molecular complexity index is 1020. The number of nitrogens with one attached hydrogen (secondary N) is 1. The standard InChI is InChI=1S/C22H26F3N3O3S/c1-17(18-6-3-2-4-7-18)15-26-21(29)16-27-10-12-28(13-11-27)32(30,31)20-9-5-8-19(14-20)22(23,24)25/h2-9,14,17H,10-13,15-16H2,1H3,(H,26,29). The molecular weight excluding hydrogens is 443 g/mol. The maximum Gasteiger partial charge on any atom is 0.416 e. The zero-order chi connectivity index (χ0) is 23.4. The Kier molecular flexibility index (Phi) is 7.58.